The Hall–Kier alpha value is -2.52. The largest absolute Gasteiger partial charge is 0.370 e. The van der Waals surface area contributed by atoms with Crippen molar-refractivity contribution in [2.75, 3.05) is 44.3 Å². The van der Waals surface area contributed by atoms with Crippen molar-refractivity contribution < 1.29 is 14.0 Å². The van der Waals surface area contributed by atoms with Gasteiger partial charge in [-0.1, -0.05) is 18.2 Å². The van der Waals surface area contributed by atoms with Crippen molar-refractivity contribution in [1.82, 2.24) is 15.2 Å². The first-order valence-electron chi connectivity index (χ1n) is 8.22. The molecule has 1 aliphatic heterocycles. The molecule has 8 nitrogen and oxygen atoms in total. The van der Waals surface area contributed by atoms with E-state index in [2.05, 4.69) is 15.2 Å². The molecule has 0 spiro atoms. The van der Waals surface area contributed by atoms with Crippen molar-refractivity contribution in [2.45, 2.75) is 6.54 Å². The third-order valence-electron chi connectivity index (χ3n) is 4.25. The van der Waals surface area contributed by atoms with Gasteiger partial charge in [-0.05, 0) is 6.07 Å². The molecular formula is C16H21FN5O3+. The second-order valence-corrected chi connectivity index (χ2v) is 5.96. The second kappa shape index (κ2) is 8.04. The average Bonchev–Trinajstić information content (AvgIpc) is 2.61. The van der Waals surface area contributed by atoms with Crippen molar-refractivity contribution >= 4 is 5.82 Å². The van der Waals surface area contributed by atoms with Crippen LogP contribution in [0, 0.1) is 5.82 Å². The van der Waals surface area contributed by atoms with Gasteiger partial charge in [0.05, 0.1) is 26.3 Å². The lowest BCUT2D eigenvalue weighted by Crippen LogP contribution is -3.14. The summed E-state index contributed by atoms with van der Waals surface area (Å²) in [5.74, 6) is -0.261. The zero-order valence-electron chi connectivity index (χ0n) is 13.8. The first-order valence-corrected chi connectivity index (χ1v) is 8.22. The number of nitrogens with one attached hydrogen (secondary N) is 3. The average molecular weight is 350 g/mol. The van der Waals surface area contributed by atoms with Crippen LogP contribution in [0.2, 0.25) is 0 Å². The van der Waals surface area contributed by atoms with E-state index in [0.29, 0.717) is 25.3 Å². The molecule has 2 heterocycles. The van der Waals surface area contributed by atoms with Gasteiger partial charge in [-0.25, -0.2) is 14.3 Å². The molecule has 0 bridgehead atoms. The van der Waals surface area contributed by atoms with E-state index in [0.717, 1.165) is 19.6 Å². The first-order chi connectivity index (χ1) is 12.1. The Balaban J connectivity index is 1.81. The Bertz CT molecular complexity index is 816. The quantitative estimate of drug-likeness (QED) is 0.591. The summed E-state index contributed by atoms with van der Waals surface area (Å²) >= 11 is 0. The van der Waals surface area contributed by atoms with E-state index in [-0.39, 0.29) is 18.2 Å². The normalized spacial score (nSPS) is 15.2. The van der Waals surface area contributed by atoms with Crippen LogP contribution in [0.15, 0.2) is 33.9 Å². The number of hydrogen-bond donors (Lipinski definition) is 3. The van der Waals surface area contributed by atoms with Gasteiger partial charge < -0.3 is 14.5 Å². The molecule has 1 aromatic carbocycles. The second-order valence-electron chi connectivity index (χ2n) is 5.96. The first kappa shape index (κ1) is 17.3. The Morgan fingerprint density at radius 3 is 2.72 bits per heavy atom. The third kappa shape index (κ3) is 4.52. The maximum atomic E-state index is 14.0. The molecule has 134 valence electrons. The fraction of sp³-hybridized carbons (Fsp3) is 0.438. The van der Waals surface area contributed by atoms with E-state index in [1.54, 1.807) is 23.1 Å². The fourth-order valence-electron chi connectivity index (χ4n) is 2.85. The molecule has 0 saturated carbocycles. The van der Waals surface area contributed by atoms with Gasteiger partial charge in [0, 0.05) is 12.1 Å². The highest BCUT2D eigenvalue weighted by Gasteiger charge is 2.19. The number of aromatic nitrogens is 3. The summed E-state index contributed by atoms with van der Waals surface area (Å²) in [6.07, 6.45) is 0. The maximum Gasteiger partial charge on any atom is 0.342 e. The molecule has 1 fully saturated rings. The minimum atomic E-state index is -0.668. The lowest BCUT2D eigenvalue weighted by atomic mass is 10.2. The van der Waals surface area contributed by atoms with E-state index in [9.17, 15) is 14.0 Å². The molecule has 0 amide bonds. The van der Waals surface area contributed by atoms with Crippen molar-refractivity contribution in [1.29, 1.82) is 0 Å². The molecule has 0 aliphatic carbocycles. The molecule has 0 atom stereocenters. The number of nitrogens with zero attached hydrogens (tertiary/aromatic N) is 2. The van der Waals surface area contributed by atoms with Gasteiger partial charge in [0.15, 0.2) is 0 Å². The van der Waals surface area contributed by atoms with Gasteiger partial charge >= 0.3 is 5.69 Å². The number of quaternary nitrogens is 1. The van der Waals surface area contributed by atoms with Gasteiger partial charge in [-0.3, -0.25) is 9.78 Å². The summed E-state index contributed by atoms with van der Waals surface area (Å²) in [5.41, 5.74) is -0.789. The predicted octanol–water partition coefficient (Wildman–Crippen LogP) is -1.48. The summed E-state index contributed by atoms with van der Waals surface area (Å²) in [7, 11) is 0. The van der Waals surface area contributed by atoms with E-state index in [1.807, 2.05) is 0 Å². The maximum absolute atomic E-state index is 14.0. The molecule has 25 heavy (non-hydrogen) atoms. The summed E-state index contributed by atoms with van der Waals surface area (Å²) in [6, 6.07) is 6.41. The molecule has 1 aromatic heterocycles. The molecule has 9 heteroatoms. The summed E-state index contributed by atoms with van der Waals surface area (Å²) in [5, 5.41) is 6.09. The van der Waals surface area contributed by atoms with Crippen LogP contribution in [0.1, 0.15) is 5.56 Å². The van der Waals surface area contributed by atoms with E-state index < -0.39 is 11.2 Å². The van der Waals surface area contributed by atoms with Gasteiger partial charge in [-0.15, -0.1) is 5.10 Å². The van der Waals surface area contributed by atoms with Crippen LogP contribution in [0.3, 0.4) is 0 Å². The highest BCUT2D eigenvalue weighted by molar-refractivity contribution is 5.36. The van der Waals surface area contributed by atoms with Gasteiger partial charge in [0.1, 0.15) is 18.9 Å². The van der Waals surface area contributed by atoms with E-state index >= 15 is 0 Å². The standard InChI is InChI=1S/C16H20FN5O3/c17-13-4-2-1-3-12(13)11-22(6-5-21-7-9-25-10-8-21)14-15(23)18-16(24)20-19-14/h1-4H,5-11H2,(H2,18,20,23,24)/p+1. The predicted molar refractivity (Wildman–Crippen MR) is 89.3 cm³/mol. The Morgan fingerprint density at radius 1 is 1.24 bits per heavy atom. The van der Waals surface area contributed by atoms with Crippen LogP contribution in [0.25, 0.3) is 0 Å². The molecular weight excluding hydrogens is 329 g/mol. The van der Waals surface area contributed by atoms with Crippen LogP contribution in [0.5, 0.6) is 0 Å². The highest BCUT2D eigenvalue weighted by atomic mass is 19.1. The third-order valence-corrected chi connectivity index (χ3v) is 4.25. The van der Waals surface area contributed by atoms with Gasteiger partial charge in [0.2, 0.25) is 5.82 Å². The van der Waals surface area contributed by atoms with Crippen LogP contribution in [-0.4, -0.2) is 54.6 Å². The van der Waals surface area contributed by atoms with Crippen LogP contribution < -0.4 is 21.0 Å². The number of rotatable bonds is 6. The molecule has 3 rings (SSSR count). The number of morpholine rings is 1. The Kier molecular flexibility index (Phi) is 5.56. The summed E-state index contributed by atoms with van der Waals surface area (Å²) < 4.78 is 19.4. The number of ether oxygens (including phenoxy) is 1. The number of aromatic amines is 2. The molecule has 1 aliphatic rings. The van der Waals surface area contributed by atoms with Crippen LogP contribution in [-0.2, 0) is 11.3 Å². The Morgan fingerprint density at radius 2 is 2.00 bits per heavy atom. The van der Waals surface area contributed by atoms with Crippen LogP contribution in [0.4, 0.5) is 10.2 Å². The zero-order valence-corrected chi connectivity index (χ0v) is 13.8. The number of benzene rings is 1. The lowest BCUT2D eigenvalue weighted by Gasteiger charge is -2.28. The Labute approximate surface area is 143 Å². The van der Waals surface area contributed by atoms with Gasteiger partial charge in [-0.2, -0.15) is 0 Å². The number of H-pyrrole nitrogens is 2. The van der Waals surface area contributed by atoms with Crippen molar-refractivity contribution in [2.24, 2.45) is 0 Å². The molecule has 0 radical (unpaired) electrons. The molecule has 0 unspecified atom stereocenters. The minimum absolute atomic E-state index is 0.0792. The monoisotopic (exact) mass is 350 g/mol. The summed E-state index contributed by atoms with van der Waals surface area (Å²) in [4.78, 5) is 28.5. The SMILES string of the molecule is O=c1[nH]nc(N(CC[NH+]2CCOCC2)Cc2ccccc2F)c(=O)[nH]1. The van der Waals surface area contributed by atoms with Crippen LogP contribution >= 0.6 is 0 Å². The highest BCUT2D eigenvalue weighted by Crippen LogP contribution is 2.12. The topological polar surface area (TPSA) is 95.5 Å². The van der Waals surface area contributed by atoms with Crippen molar-refractivity contribution in [3.8, 4) is 0 Å². The number of hydrogen-bond acceptors (Lipinski definition) is 5. The summed E-state index contributed by atoms with van der Waals surface area (Å²) in [6.45, 7) is 4.66. The number of anilines is 1. The molecule has 1 saturated heterocycles. The van der Waals surface area contributed by atoms with Gasteiger partial charge in [0.25, 0.3) is 5.56 Å². The number of halogens is 1. The van der Waals surface area contributed by atoms with E-state index in [4.69, 9.17) is 4.74 Å². The van der Waals surface area contributed by atoms with Crippen molar-refractivity contribution in [3.05, 3.63) is 56.5 Å². The lowest BCUT2D eigenvalue weighted by molar-refractivity contribution is -0.906. The van der Waals surface area contributed by atoms with E-state index in [1.165, 1.54) is 11.0 Å². The minimum Gasteiger partial charge on any atom is -0.370 e. The van der Waals surface area contributed by atoms with Crippen molar-refractivity contribution in [3.63, 3.8) is 0 Å². The molecule has 3 N–H and O–H groups in total. The zero-order chi connectivity index (χ0) is 17.6. The smallest absolute Gasteiger partial charge is 0.342 e. The fourth-order valence-corrected chi connectivity index (χ4v) is 2.85. The molecule has 2 aromatic rings.